The molecule has 146 valence electrons. The van der Waals surface area contributed by atoms with Gasteiger partial charge < -0.3 is 15.5 Å². The van der Waals surface area contributed by atoms with E-state index in [4.69, 9.17) is 0 Å². The lowest BCUT2D eigenvalue weighted by molar-refractivity contribution is -0.130. The fraction of sp³-hybridized carbons (Fsp3) is 0.579. The van der Waals surface area contributed by atoms with E-state index in [1.807, 2.05) is 27.7 Å². The molecule has 0 spiro atoms. The number of nitrogens with one attached hydrogen (secondary N) is 2. The lowest BCUT2D eigenvalue weighted by atomic mass is 10.0. The fourth-order valence-electron chi connectivity index (χ4n) is 2.59. The zero-order valence-electron chi connectivity index (χ0n) is 16.1. The van der Waals surface area contributed by atoms with Crippen LogP contribution in [0.15, 0.2) is 23.2 Å². The summed E-state index contributed by atoms with van der Waals surface area (Å²) in [5, 5.41) is 6.23. The third-order valence-corrected chi connectivity index (χ3v) is 4.11. The highest BCUT2D eigenvalue weighted by molar-refractivity contribution is 5.81. The number of aliphatic imine (C=N–C) groups is 1. The number of hydrogen-bond acceptors (Lipinski definition) is 2. The van der Waals surface area contributed by atoms with Crippen LogP contribution >= 0.6 is 0 Å². The van der Waals surface area contributed by atoms with Gasteiger partial charge in [-0.1, -0.05) is 13.0 Å². The van der Waals surface area contributed by atoms with Crippen molar-refractivity contribution in [3.8, 4) is 0 Å². The number of guanidine groups is 1. The Kier molecular flexibility index (Phi) is 9.62. The molecule has 0 aliphatic carbocycles. The van der Waals surface area contributed by atoms with Gasteiger partial charge in [-0.05, 0) is 32.4 Å². The van der Waals surface area contributed by atoms with E-state index in [9.17, 15) is 13.6 Å². The summed E-state index contributed by atoms with van der Waals surface area (Å²) in [4.78, 5) is 18.2. The quantitative estimate of drug-likeness (QED) is 0.521. The average Bonchev–Trinajstić information content (AvgIpc) is 2.60. The van der Waals surface area contributed by atoms with Gasteiger partial charge in [-0.3, -0.25) is 9.79 Å². The highest BCUT2D eigenvalue weighted by Gasteiger charge is 2.12. The first kappa shape index (κ1) is 21.9. The lowest BCUT2D eigenvalue weighted by Crippen LogP contribution is -2.40. The van der Waals surface area contributed by atoms with Crippen molar-refractivity contribution in [2.45, 2.75) is 40.0 Å². The number of halogens is 2. The second-order valence-corrected chi connectivity index (χ2v) is 6.03. The highest BCUT2D eigenvalue weighted by atomic mass is 19.1. The summed E-state index contributed by atoms with van der Waals surface area (Å²) < 4.78 is 26.9. The molecule has 1 aromatic rings. The zero-order chi connectivity index (χ0) is 19.5. The minimum Gasteiger partial charge on any atom is -0.357 e. The number of hydrogen-bond donors (Lipinski definition) is 2. The Morgan fingerprint density at radius 3 is 2.46 bits per heavy atom. The van der Waals surface area contributed by atoms with Gasteiger partial charge in [-0.2, -0.15) is 0 Å². The molecule has 0 radical (unpaired) electrons. The normalized spacial score (nSPS) is 12.6. The zero-order valence-corrected chi connectivity index (χ0v) is 16.1. The van der Waals surface area contributed by atoms with Gasteiger partial charge in [0.2, 0.25) is 5.91 Å². The average molecular weight is 368 g/mol. The Balaban J connectivity index is 2.61. The Bertz CT molecular complexity index is 603. The predicted molar refractivity (Wildman–Crippen MR) is 101 cm³/mol. The van der Waals surface area contributed by atoms with E-state index in [0.29, 0.717) is 50.7 Å². The van der Waals surface area contributed by atoms with Gasteiger partial charge in [-0.25, -0.2) is 8.78 Å². The van der Waals surface area contributed by atoms with Crippen LogP contribution in [0.25, 0.3) is 0 Å². The lowest BCUT2D eigenvalue weighted by Gasteiger charge is -2.19. The van der Waals surface area contributed by atoms with Crippen LogP contribution in [0.1, 0.15) is 45.6 Å². The summed E-state index contributed by atoms with van der Waals surface area (Å²) >= 11 is 0. The first-order valence-electron chi connectivity index (χ1n) is 9.17. The smallest absolute Gasteiger partial charge is 0.224 e. The van der Waals surface area contributed by atoms with Crippen molar-refractivity contribution in [2.75, 3.05) is 32.7 Å². The van der Waals surface area contributed by atoms with Crippen LogP contribution in [-0.2, 0) is 4.79 Å². The Morgan fingerprint density at radius 2 is 1.88 bits per heavy atom. The van der Waals surface area contributed by atoms with Gasteiger partial charge in [0.15, 0.2) is 5.96 Å². The van der Waals surface area contributed by atoms with Crippen molar-refractivity contribution >= 4 is 11.9 Å². The summed E-state index contributed by atoms with van der Waals surface area (Å²) in [6, 6.07) is 3.59. The van der Waals surface area contributed by atoms with E-state index in [1.165, 1.54) is 12.1 Å². The molecule has 0 saturated heterocycles. The van der Waals surface area contributed by atoms with Crippen LogP contribution in [0.3, 0.4) is 0 Å². The van der Waals surface area contributed by atoms with E-state index >= 15 is 0 Å². The van der Waals surface area contributed by atoms with Gasteiger partial charge in [0.05, 0.1) is 0 Å². The molecular weight excluding hydrogens is 338 g/mol. The molecule has 0 fully saturated rings. The summed E-state index contributed by atoms with van der Waals surface area (Å²) in [6.07, 6.45) is 0.383. The van der Waals surface area contributed by atoms with E-state index in [0.717, 1.165) is 6.07 Å². The number of amides is 1. The Labute approximate surface area is 154 Å². The SMILES string of the molecule is CCNC(=NCC(C)c1ccc(F)cc1F)NCCC(=O)N(CC)CC. The van der Waals surface area contributed by atoms with E-state index in [1.54, 1.807) is 4.90 Å². The van der Waals surface area contributed by atoms with Crippen LogP contribution in [0.4, 0.5) is 8.78 Å². The van der Waals surface area contributed by atoms with E-state index in [-0.39, 0.29) is 11.8 Å². The van der Waals surface area contributed by atoms with E-state index in [2.05, 4.69) is 15.6 Å². The molecule has 26 heavy (non-hydrogen) atoms. The summed E-state index contributed by atoms with van der Waals surface area (Å²) in [6.45, 7) is 10.6. The van der Waals surface area contributed by atoms with Gasteiger partial charge in [-0.15, -0.1) is 0 Å². The number of carbonyl (C=O) groups is 1. The summed E-state index contributed by atoms with van der Waals surface area (Å²) in [7, 11) is 0. The maximum atomic E-state index is 13.8. The second-order valence-electron chi connectivity index (χ2n) is 6.03. The number of nitrogens with zero attached hydrogens (tertiary/aromatic N) is 2. The van der Waals surface area contributed by atoms with Crippen LogP contribution in [0, 0.1) is 11.6 Å². The predicted octanol–water partition coefficient (Wildman–Crippen LogP) is 2.88. The van der Waals surface area contributed by atoms with Crippen molar-refractivity contribution in [2.24, 2.45) is 4.99 Å². The van der Waals surface area contributed by atoms with Crippen molar-refractivity contribution in [1.29, 1.82) is 0 Å². The molecule has 1 rings (SSSR count). The molecule has 0 aromatic heterocycles. The largest absolute Gasteiger partial charge is 0.357 e. The van der Waals surface area contributed by atoms with Gasteiger partial charge in [0.1, 0.15) is 11.6 Å². The minimum atomic E-state index is -0.588. The summed E-state index contributed by atoms with van der Waals surface area (Å²) in [5.41, 5.74) is 0.433. The molecule has 0 heterocycles. The minimum absolute atomic E-state index is 0.0973. The molecule has 1 unspecified atom stereocenters. The van der Waals surface area contributed by atoms with Crippen LogP contribution in [-0.4, -0.2) is 49.5 Å². The third-order valence-electron chi connectivity index (χ3n) is 4.11. The standard InChI is InChI=1S/C19H30F2N4O/c1-5-22-19(23-11-10-18(26)25(6-2)7-3)24-13-14(4)16-9-8-15(20)12-17(16)21/h8-9,12,14H,5-7,10-11,13H2,1-4H3,(H2,22,23,24). The molecule has 0 bridgehead atoms. The number of carbonyl (C=O) groups excluding carboxylic acids is 1. The second kappa shape index (κ2) is 11.4. The fourth-order valence-corrected chi connectivity index (χ4v) is 2.59. The van der Waals surface area contributed by atoms with Gasteiger partial charge in [0, 0.05) is 51.1 Å². The molecule has 5 nitrogen and oxygen atoms in total. The molecular formula is C19H30F2N4O. The van der Waals surface area contributed by atoms with Gasteiger partial charge >= 0.3 is 0 Å². The van der Waals surface area contributed by atoms with Crippen LogP contribution in [0.2, 0.25) is 0 Å². The molecule has 2 N–H and O–H groups in total. The van der Waals surface area contributed by atoms with Crippen molar-refractivity contribution in [3.63, 3.8) is 0 Å². The maximum Gasteiger partial charge on any atom is 0.224 e. The van der Waals surface area contributed by atoms with Crippen molar-refractivity contribution in [1.82, 2.24) is 15.5 Å². The molecule has 0 aliphatic rings. The molecule has 1 atom stereocenters. The summed E-state index contributed by atoms with van der Waals surface area (Å²) in [5.74, 6) is -0.664. The Morgan fingerprint density at radius 1 is 1.19 bits per heavy atom. The van der Waals surface area contributed by atoms with Crippen LogP contribution < -0.4 is 10.6 Å². The molecule has 7 heteroatoms. The molecule has 0 aliphatic heterocycles. The van der Waals surface area contributed by atoms with Gasteiger partial charge in [0.25, 0.3) is 0 Å². The topological polar surface area (TPSA) is 56.7 Å². The maximum absolute atomic E-state index is 13.8. The number of benzene rings is 1. The highest BCUT2D eigenvalue weighted by Crippen LogP contribution is 2.20. The first-order valence-corrected chi connectivity index (χ1v) is 9.17. The monoisotopic (exact) mass is 368 g/mol. The molecule has 1 aromatic carbocycles. The van der Waals surface area contributed by atoms with Crippen molar-refractivity contribution in [3.05, 3.63) is 35.4 Å². The van der Waals surface area contributed by atoms with Crippen molar-refractivity contribution < 1.29 is 13.6 Å². The van der Waals surface area contributed by atoms with E-state index < -0.39 is 11.6 Å². The molecule has 1 amide bonds. The molecule has 0 saturated carbocycles. The third kappa shape index (κ3) is 6.98. The first-order chi connectivity index (χ1) is 12.4. The Hall–Kier alpha value is -2.18. The van der Waals surface area contributed by atoms with Crippen LogP contribution in [0.5, 0.6) is 0 Å². The number of rotatable bonds is 9.